The minimum absolute atomic E-state index is 0.535. The summed E-state index contributed by atoms with van der Waals surface area (Å²) in [6, 6.07) is 9.55. The monoisotopic (exact) mass is 285 g/mol. The molecule has 1 aliphatic rings. The molecule has 1 N–H and O–H groups in total. The van der Waals surface area contributed by atoms with Crippen LogP contribution < -0.4 is 5.32 Å². The number of likely N-dealkylation sites (tertiary alicyclic amines) is 1. The van der Waals surface area contributed by atoms with Gasteiger partial charge in [0.05, 0.1) is 6.20 Å². The third kappa shape index (κ3) is 3.10. The summed E-state index contributed by atoms with van der Waals surface area (Å²) in [5, 5.41) is 3.68. The van der Waals surface area contributed by atoms with Crippen molar-refractivity contribution in [2.45, 2.75) is 32.4 Å². The van der Waals surface area contributed by atoms with Gasteiger partial charge in [0.25, 0.3) is 0 Å². The van der Waals surface area contributed by atoms with Crippen molar-refractivity contribution in [3.63, 3.8) is 0 Å². The van der Waals surface area contributed by atoms with Crippen molar-refractivity contribution in [2.24, 2.45) is 5.92 Å². The summed E-state index contributed by atoms with van der Waals surface area (Å²) in [5.41, 5.74) is 2.23. The average molecular weight is 285 g/mol. The van der Waals surface area contributed by atoms with Crippen molar-refractivity contribution in [1.29, 1.82) is 0 Å². The molecule has 2 aromatic rings. The third-order valence-electron chi connectivity index (χ3n) is 4.56. The van der Waals surface area contributed by atoms with Gasteiger partial charge in [-0.25, -0.2) is 4.98 Å². The number of nitrogens with zero attached hydrogens (tertiary/aromatic N) is 2. The zero-order chi connectivity index (χ0) is 14.8. The van der Waals surface area contributed by atoms with E-state index >= 15 is 0 Å². The van der Waals surface area contributed by atoms with E-state index in [4.69, 9.17) is 4.42 Å². The second-order valence-electron chi connectivity index (χ2n) is 6.20. The van der Waals surface area contributed by atoms with E-state index in [-0.39, 0.29) is 0 Å². The minimum Gasteiger partial charge on any atom is -0.444 e. The zero-order valence-corrected chi connectivity index (χ0v) is 12.9. The number of benzene rings is 1. The van der Waals surface area contributed by atoms with Gasteiger partial charge in [-0.15, -0.1) is 0 Å². The Morgan fingerprint density at radius 3 is 2.67 bits per heavy atom. The van der Waals surface area contributed by atoms with Gasteiger partial charge in [-0.1, -0.05) is 6.92 Å². The number of hydrogen-bond acceptors (Lipinski definition) is 4. The Morgan fingerprint density at radius 2 is 2.00 bits per heavy atom. The van der Waals surface area contributed by atoms with Crippen LogP contribution in [0.1, 0.15) is 20.3 Å². The van der Waals surface area contributed by atoms with Crippen molar-refractivity contribution in [2.75, 3.05) is 18.9 Å². The van der Waals surface area contributed by atoms with Crippen molar-refractivity contribution in [3.8, 4) is 11.3 Å². The van der Waals surface area contributed by atoms with Crippen LogP contribution in [0.25, 0.3) is 11.3 Å². The first-order valence-corrected chi connectivity index (χ1v) is 7.59. The molecule has 0 spiro atoms. The molecule has 1 aromatic heterocycles. The highest BCUT2D eigenvalue weighted by Crippen LogP contribution is 2.26. The van der Waals surface area contributed by atoms with Gasteiger partial charge >= 0.3 is 0 Å². The first kappa shape index (κ1) is 14.1. The van der Waals surface area contributed by atoms with E-state index < -0.39 is 0 Å². The fourth-order valence-electron chi connectivity index (χ4n) is 3.05. The lowest BCUT2D eigenvalue weighted by Gasteiger charge is -2.40. The van der Waals surface area contributed by atoms with Crippen LogP contribution in [0.2, 0.25) is 0 Å². The molecule has 3 atom stereocenters. The first-order valence-electron chi connectivity index (χ1n) is 7.59. The maximum absolute atomic E-state index is 5.32. The minimum atomic E-state index is 0.535. The van der Waals surface area contributed by atoms with E-state index in [1.54, 1.807) is 6.20 Å². The van der Waals surface area contributed by atoms with Crippen molar-refractivity contribution >= 4 is 5.69 Å². The van der Waals surface area contributed by atoms with Crippen LogP contribution in [0.4, 0.5) is 5.69 Å². The van der Waals surface area contributed by atoms with Crippen molar-refractivity contribution in [3.05, 3.63) is 36.9 Å². The molecule has 112 valence electrons. The molecular formula is C17H23N3O. The number of aromatic nitrogens is 1. The van der Waals surface area contributed by atoms with Crippen LogP contribution in [0.15, 0.2) is 41.3 Å². The number of oxazole rings is 1. The van der Waals surface area contributed by atoms with E-state index in [2.05, 4.69) is 60.4 Å². The lowest BCUT2D eigenvalue weighted by molar-refractivity contribution is 0.145. The van der Waals surface area contributed by atoms with Crippen LogP contribution in [-0.4, -0.2) is 35.6 Å². The van der Waals surface area contributed by atoms with Crippen LogP contribution in [0.5, 0.6) is 0 Å². The molecule has 1 aromatic carbocycles. The molecule has 1 fully saturated rings. The van der Waals surface area contributed by atoms with E-state index in [0.717, 1.165) is 17.9 Å². The summed E-state index contributed by atoms with van der Waals surface area (Å²) in [6.07, 6.45) is 4.38. The number of rotatable bonds is 3. The second-order valence-corrected chi connectivity index (χ2v) is 6.20. The van der Waals surface area contributed by atoms with Gasteiger partial charge in [-0.3, -0.25) is 0 Å². The average Bonchev–Trinajstić information content (AvgIpc) is 3.00. The van der Waals surface area contributed by atoms with Gasteiger partial charge in [0, 0.05) is 29.9 Å². The summed E-state index contributed by atoms with van der Waals surface area (Å²) < 4.78 is 5.32. The predicted octanol–water partition coefficient (Wildman–Crippen LogP) is 3.48. The topological polar surface area (TPSA) is 41.3 Å². The lowest BCUT2D eigenvalue weighted by atomic mass is 9.89. The summed E-state index contributed by atoms with van der Waals surface area (Å²) >= 11 is 0. The van der Waals surface area contributed by atoms with Crippen LogP contribution in [-0.2, 0) is 0 Å². The Hall–Kier alpha value is -1.81. The van der Waals surface area contributed by atoms with Crippen LogP contribution in [0.3, 0.4) is 0 Å². The fraction of sp³-hybridized carbons (Fsp3) is 0.471. The van der Waals surface area contributed by atoms with Gasteiger partial charge in [0.15, 0.2) is 12.2 Å². The summed E-state index contributed by atoms with van der Waals surface area (Å²) in [7, 11) is 2.21. The molecule has 3 rings (SSSR count). The normalized spacial score (nSPS) is 26.7. The Bertz CT molecular complexity index is 564. The Labute approximate surface area is 126 Å². The molecule has 0 saturated carbocycles. The number of anilines is 1. The van der Waals surface area contributed by atoms with Gasteiger partial charge in [-0.05, 0) is 50.6 Å². The van der Waals surface area contributed by atoms with Gasteiger partial charge in [0.1, 0.15) is 0 Å². The molecule has 0 radical (unpaired) electrons. The Kier molecular flexibility index (Phi) is 3.97. The molecule has 0 amide bonds. The molecule has 3 unspecified atom stereocenters. The van der Waals surface area contributed by atoms with Gasteiger partial charge in [0.2, 0.25) is 0 Å². The molecule has 2 heterocycles. The smallest absolute Gasteiger partial charge is 0.181 e. The Balaban J connectivity index is 1.68. The SMILES string of the molecule is CC1CN(C)C(C)CC1Nc1ccc(-c2cnco2)cc1. The second kappa shape index (κ2) is 5.90. The summed E-state index contributed by atoms with van der Waals surface area (Å²) in [4.78, 5) is 6.39. The standard InChI is InChI=1S/C17H23N3O/c1-12-10-20(3)13(2)8-16(12)19-15-6-4-14(5-7-15)17-9-18-11-21-17/h4-7,9,11-13,16,19H,8,10H2,1-3H3. The maximum Gasteiger partial charge on any atom is 0.181 e. The molecule has 0 aliphatic carbocycles. The van der Waals surface area contributed by atoms with Gasteiger partial charge < -0.3 is 14.6 Å². The third-order valence-corrected chi connectivity index (χ3v) is 4.56. The predicted molar refractivity (Wildman–Crippen MR) is 85.2 cm³/mol. The summed E-state index contributed by atoms with van der Waals surface area (Å²) in [6.45, 7) is 5.77. The Morgan fingerprint density at radius 1 is 1.24 bits per heavy atom. The van der Waals surface area contributed by atoms with E-state index in [1.165, 1.54) is 18.5 Å². The highest BCUT2D eigenvalue weighted by Gasteiger charge is 2.28. The largest absolute Gasteiger partial charge is 0.444 e. The molecular weight excluding hydrogens is 262 g/mol. The highest BCUT2D eigenvalue weighted by atomic mass is 16.3. The molecule has 0 bridgehead atoms. The fourth-order valence-corrected chi connectivity index (χ4v) is 3.05. The lowest BCUT2D eigenvalue weighted by Crippen LogP contribution is -2.48. The van der Waals surface area contributed by atoms with Gasteiger partial charge in [-0.2, -0.15) is 0 Å². The van der Waals surface area contributed by atoms with E-state index in [1.807, 2.05) is 0 Å². The highest BCUT2D eigenvalue weighted by molar-refractivity contribution is 5.60. The maximum atomic E-state index is 5.32. The molecule has 1 aliphatic heterocycles. The zero-order valence-electron chi connectivity index (χ0n) is 12.9. The van der Waals surface area contributed by atoms with Crippen molar-refractivity contribution in [1.82, 2.24) is 9.88 Å². The number of nitrogens with one attached hydrogen (secondary N) is 1. The van der Waals surface area contributed by atoms with E-state index in [9.17, 15) is 0 Å². The molecule has 21 heavy (non-hydrogen) atoms. The number of hydrogen-bond donors (Lipinski definition) is 1. The van der Waals surface area contributed by atoms with E-state index in [0.29, 0.717) is 18.0 Å². The first-order chi connectivity index (χ1) is 10.1. The summed E-state index contributed by atoms with van der Waals surface area (Å²) in [5.74, 6) is 1.46. The quantitative estimate of drug-likeness (QED) is 0.937. The number of piperidine rings is 1. The van der Waals surface area contributed by atoms with Crippen LogP contribution >= 0.6 is 0 Å². The molecule has 1 saturated heterocycles. The van der Waals surface area contributed by atoms with Crippen LogP contribution in [0, 0.1) is 5.92 Å². The molecule has 4 nitrogen and oxygen atoms in total. The van der Waals surface area contributed by atoms with Crippen molar-refractivity contribution < 1.29 is 4.42 Å². The molecule has 4 heteroatoms.